The van der Waals surface area contributed by atoms with Gasteiger partial charge in [-0.15, -0.1) is 0 Å². The van der Waals surface area contributed by atoms with Crippen LogP contribution in [-0.4, -0.2) is 35.2 Å². The fourth-order valence-corrected chi connectivity index (χ4v) is 4.05. The molecule has 0 atom stereocenters. The number of amides is 2. The van der Waals surface area contributed by atoms with Crippen molar-refractivity contribution in [2.24, 2.45) is 0 Å². The zero-order valence-electron chi connectivity index (χ0n) is 18.9. The van der Waals surface area contributed by atoms with Crippen LogP contribution < -0.4 is 10.6 Å². The summed E-state index contributed by atoms with van der Waals surface area (Å²) in [5, 5.41) is 13.9. The number of carboxylic acids is 1. The minimum atomic E-state index is -1.57. The fourth-order valence-electron chi connectivity index (χ4n) is 4.05. The Balaban J connectivity index is 1.44. The van der Waals surface area contributed by atoms with Crippen LogP contribution in [0.1, 0.15) is 41.3 Å². The van der Waals surface area contributed by atoms with Crippen molar-refractivity contribution in [3.8, 4) is 11.1 Å². The minimum absolute atomic E-state index is 0.0316. The van der Waals surface area contributed by atoms with Gasteiger partial charge in [0.2, 0.25) is 5.91 Å². The Morgan fingerprint density at radius 1 is 0.943 bits per heavy atom. The molecule has 180 valence electrons. The van der Waals surface area contributed by atoms with Crippen molar-refractivity contribution >= 4 is 23.7 Å². The van der Waals surface area contributed by atoms with Gasteiger partial charge in [-0.05, 0) is 42.2 Å². The molecule has 0 unspecified atom stereocenters. The molecule has 35 heavy (non-hydrogen) atoms. The predicted octanol–water partition coefficient (Wildman–Crippen LogP) is 4.92. The smallest absolute Gasteiger partial charge is 0.408 e. The lowest BCUT2D eigenvalue weighted by Gasteiger charge is -2.25. The summed E-state index contributed by atoms with van der Waals surface area (Å²) in [4.78, 5) is 36.6. The summed E-state index contributed by atoms with van der Waals surface area (Å²) in [7, 11) is 0. The number of carbonyl (C=O) groups excluding carboxylic acids is 2. The highest BCUT2D eigenvalue weighted by molar-refractivity contribution is 6.04. The number of fused-ring (bicyclic) bond motifs is 3. The van der Waals surface area contributed by atoms with Gasteiger partial charge in [-0.2, -0.15) is 0 Å². The molecular formula is C26H22F2N2O5. The van der Waals surface area contributed by atoms with Crippen LogP contribution in [0.4, 0.5) is 19.3 Å². The number of hydrogen-bond acceptors (Lipinski definition) is 4. The van der Waals surface area contributed by atoms with Crippen molar-refractivity contribution in [2.45, 2.75) is 25.3 Å². The molecule has 0 saturated heterocycles. The first-order chi connectivity index (χ1) is 16.6. The van der Waals surface area contributed by atoms with Crippen LogP contribution in [0.3, 0.4) is 0 Å². The number of nitrogens with one attached hydrogen (secondary N) is 2. The molecule has 4 rings (SSSR count). The first-order valence-corrected chi connectivity index (χ1v) is 10.8. The SMILES string of the molecule is CC(C)(NC(=O)OCC1c2ccccc2-c2ccccc21)C(=O)Nc1cc(F)c(F)cc1C(=O)O. The molecule has 7 nitrogen and oxygen atoms in total. The van der Waals surface area contributed by atoms with Crippen molar-refractivity contribution in [2.75, 3.05) is 11.9 Å². The molecule has 0 heterocycles. The van der Waals surface area contributed by atoms with Gasteiger partial charge in [0.05, 0.1) is 11.3 Å². The van der Waals surface area contributed by atoms with Crippen LogP contribution >= 0.6 is 0 Å². The van der Waals surface area contributed by atoms with Crippen LogP contribution in [0.25, 0.3) is 11.1 Å². The van der Waals surface area contributed by atoms with Gasteiger partial charge in [0.25, 0.3) is 0 Å². The van der Waals surface area contributed by atoms with Gasteiger partial charge in [-0.3, -0.25) is 4.79 Å². The Kier molecular flexibility index (Phi) is 6.26. The predicted molar refractivity (Wildman–Crippen MR) is 124 cm³/mol. The molecule has 9 heteroatoms. The number of benzene rings is 3. The zero-order valence-corrected chi connectivity index (χ0v) is 18.9. The van der Waals surface area contributed by atoms with E-state index in [0.717, 1.165) is 22.3 Å². The van der Waals surface area contributed by atoms with E-state index in [0.29, 0.717) is 12.1 Å². The van der Waals surface area contributed by atoms with Gasteiger partial charge < -0.3 is 20.5 Å². The highest BCUT2D eigenvalue weighted by Crippen LogP contribution is 2.44. The minimum Gasteiger partial charge on any atom is -0.478 e. The summed E-state index contributed by atoms with van der Waals surface area (Å²) >= 11 is 0. The molecule has 0 aromatic heterocycles. The van der Waals surface area contributed by atoms with Crippen LogP contribution in [0.5, 0.6) is 0 Å². The standard InChI is InChI=1S/C26H22F2N2O5/c1-26(2,24(33)29-22-12-21(28)20(27)11-18(22)23(31)32)30-25(34)35-13-19-16-9-5-3-7-14(16)15-8-4-6-10-17(15)19/h3-12,19H,13H2,1-2H3,(H,29,33)(H,30,34)(H,31,32). The molecule has 0 bridgehead atoms. The van der Waals surface area contributed by atoms with Crippen LogP contribution in [0, 0.1) is 11.6 Å². The first kappa shape index (κ1) is 23.9. The van der Waals surface area contributed by atoms with Gasteiger partial charge in [0, 0.05) is 12.0 Å². The van der Waals surface area contributed by atoms with Crippen molar-refractivity contribution in [1.82, 2.24) is 5.32 Å². The lowest BCUT2D eigenvalue weighted by Crippen LogP contribution is -2.52. The number of anilines is 1. The van der Waals surface area contributed by atoms with Crippen molar-refractivity contribution in [1.29, 1.82) is 0 Å². The van der Waals surface area contributed by atoms with Gasteiger partial charge in [-0.25, -0.2) is 18.4 Å². The summed E-state index contributed by atoms with van der Waals surface area (Å²) in [6, 6.07) is 16.7. The van der Waals surface area contributed by atoms with Gasteiger partial charge in [0.1, 0.15) is 12.1 Å². The third kappa shape index (κ3) is 4.70. The summed E-state index contributed by atoms with van der Waals surface area (Å²) < 4.78 is 32.5. The highest BCUT2D eigenvalue weighted by atomic mass is 19.2. The van der Waals surface area contributed by atoms with E-state index < -0.39 is 46.4 Å². The summed E-state index contributed by atoms with van der Waals surface area (Å²) in [6.45, 7) is 2.76. The molecule has 2 amide bonds. The summed E-state index contributed by atoms with van der Waals surface area (Å²) in [5.74, 6) is -5.27. The van der Waals surface area contributed by atoms with E-state index in [9.17, 15) is 28.3 Å². The van der Waals surface area contributed by atoms with Crippen LogP contribution in [0.2, 0.25) is 0 Å². The Labute approximate surface area is 199 Å². The van der Waals surface area contributed by atoms with Crippen molar-refractivity contribution in [3.05, 3.63) is 89.0 Å². The van der Waals surface area contributed by atoms with Crippen molar-refractivity contribution in [3.63, 3.8) is 0 Å². The number of carboxylic acid groups (broad SMARTS) is 1. The summed E-state index contributed by atoms with van der Waals surface area (Å²) in [6.07, 6.45) is -0.865. The van der Waals surface area contributed by atoms with Gasteiger partial charge >= 0.3 is 12.1 Å². The first-order valence-electron chi connectivity index (χ1n) is 10.8. The second kappa shape index (κ2) is 9.17. The second-order valence-electron chi connectivity index (χ2n) is 8.65. The van der Waals surface area contributed by atoms with E-state index in [1.54, 1.807) is 0 Å². The quantitative estimate of drug-likeness (QED) is 0.465. The molecule has 1 aliphatic carbocycles. The highest BCUT2D eigenvalue weighted by Gasteiger charge is 2.33. The maximum absolute atomic E-state index is 13.6. The van der Waals surface area contributed by atoms with Crippen LogP contribution in [0.15, 0.2) is 60.7 Å². The average Bonchev–Trinajstić information content (AvgIpc) is 3.13. The number of ether oxygens (including phenoxy) is 1. The maximum atomic E-state index is 13.6. The Hall–Kier alpha value is -4.27. The largest absolute Gasteiger partial charge is 0.478 e. The van der Waals surface area contributed by atoms with E-state index in [1.807, 2.05) is 48.5 Å². The number of halogens is 2. The maximum Gasteiger partial charge on any atom is 0.408 e. The van der Waals surface area contributed by atoms with Crippen molar-refractivity contribution < 1.29 is 33.0 Å². The zero-order chi connectivity index (χ0) is 25.3. The van der Waals surface area contributed by atoms with Gasteiger partial charge in [0.15, 0.2) is 11.6 Å². The van der Waals surface area contributed by atoms with Crippen LogP contribution in [-0.2, 0) is 9.53 Å². The van der Waals surface area contributed by atoms with E-state index in [2.05, 4.69) is 10.6 Å². The lowest BCUT2D eigenvalue weighted by molar-refractivity contribution is -0.121. The molecule has 0 radical (unpaired) electrons. The van der Waals surface area contributed by atoms with Gasteiger partial charge in [-0.1, -0.05) is 48.5 Å². The lowest BCUT2D eigenvalue weighted by atomic mass is 9.98. The second-order valence-corrected chi connectivity index (χ2v) is 8.65. The molecule has 0 saturated carbocycles. The molecule has 1 aliphatic rings. The van der Waals surface area contributed by atoms with E-state index in [-0.39, 0.29) is 12.5 Å². The molecule has 3 N–H and O–H groups in total. The average molecular weight is 480 g/mol. The number of aromatic carboxylic acids is 1. The monoisotopic (exact) mass is 480 g/mol. The number of rotatable bonds is 6. The Morgan fingerprint density at radius 3 is 2.06 bits per heavy atom. The molecular weight excluding hydrogens is 458 g/mol. The Bertz CT molecular complexity index is 1290. The summed E-state index contributed by atoms with van der Waals surface area (Å²) in [5.41, 5.74) is 1.55. The number of hydrogen-bond donors (Lipinski definition) is 3. The Morgan fingerprint density at radius 2 is 1.49 bits per heavy atom. The third-order valence-electron chi connectivity index (χ3n) is 5.86. The van der Waals surface area contributed by atoms with E-state index in [4.69, 9.17) is 4.74 Å². The molecule has 0 fully saturated rings. The van der Waals surface area contributed by atoms with E-state index >= 15 is 0 Å². The molecule has 3 aromatic rings. The number of carbonyl (C=O) groups is 3. The topological polar surface area (TPSA) is 105 Å². The molecule has 0 aliphatic heterocycles. The number of alkyl carbamates (subject to hydrolysis) is 1. The van der Waals surface area contributed by atoms with E-state index in [1.165, 1.54) is 13.8 Å². The molecule has 3 aromatic carbocycles. The fraction of sp³-hybridized carbons (Fsp3) is 0.192. The third-order valence-corrected chi connectivity index (χ3v) is 5.86. The normalized spacial score (nSPS) is 12.5. The molecule has 0 spiro atoms.